The molecule has 0 unspecified atom stereocenters. The maximum absolute atomic E-state index is 12.2. The Balaban J connectivity index is 1.76. The van der Waals surface area contributed by atoms with Crippen LogP contribution in [-0.4, -0.2) is 31.4 Å². The predicted molar refractivity (Wildman–Crippen MR) is 89.8 cm³/mol. The first-order valence-corrected chi connectivity index (χ1v) is 9.13. The van der Waals surface area contributed by atoms with Crippen LogP contribution in [0.1, 0.15) is 21.5 Å². The predicted octanol–water partition coefficient (Wildman–Crippen LogP) is 1.51. The number of carbonyl (C=O) groups excluding carboxylic acids is 2. The molecule has 2 aromatic rings. The summed E-state index contributed by atoms with van der Waals surface area (Å²) in [7, 11) is 0. The molecule has 1 aliphatic rings. The first-order chi connectivity index (χ1) is 11.1. The van der Waals surface area contributed by atoms with Crippen molar-refractivity contribution in [1.29, 1.82) is 5.41 Å². The normalized spacial score (nSPS) is 13.3. The molecule has 0 spiro atoms. The standard InChI is InChI=1S/C17H15N3O2Se/c18-17(19)23-10-12-7-5-11(6-8-12)9-20-14-4-2-1-3-13(14)15(21)16(20)22/h1-8H,9-10H2,(H3,18,19). The van der Waals surface area contributed by atoms with E-state index in [2.05, 4.69) is 0 Å². The topological polar surface area (TPSA) is 87.2 Å². The maximum atomic E-state index is 12.2. The molecular formula is C17H15N3O2Se. The van der Waals surface area contributed by atoms with Gasteiger partial charge in [0.25, 0.3) is 0 Å². The Morgan fingerprint density at radius 1 is 1.04 bits per heavy atom. The first-order valence-electron chi connectivity index (χ1n) is 7.06. The summed E-state index contributed by atoms with van der Waals surface area (Å²) in [4.78, 5) is 25.7. The van der Waals surface area contributed by atoms with Crippen LogP contribution in [0.4, 0.5) is 5.69 Å². The quantitative estimate of drug-likeness (QED) is 0.361. The number of anilines is 1. The number of amides is 1. The van der Waals surface area contributed by atoms with Gasteiger partial charge in [-0.3, -0.25) is 0 Å². The Morgan fingerprint density at radius 3 is 2.39 bits per heavy atom. The zero-order chi connectivity index (χ0) is 16.4. The average Bonchev–Trinajstić information content (AvgIpc) is 2.80. The van der Waals surface area contributed by atoms with E-state index < -0.39 is 11.7 Å². The zero-order valence-electron chi connectivity index (χ0n) is 12.3. The summed E-state index contributed by atoms with van der Waals surface area (Å²) in [5.41, 5.74) is 8.61. The fraction of sp³-hybridized carbons (Fsp3) is 0.118. The Labute approximate surface area is 140 Å². The summed E-state index contributed by atoms with van der Waals surface area (Å²) in [6.45, 7) is 0.375. The third-order valence-electron chi connectivity index (χ3n) is 3.64. The van der Waals surface area contributed by atoms with Crippen LogP contribution in [0.5, 0.6) is 0 Å². The Kier molecular flexibility index (Phi) is 4.28. The van der Waals surface area contributed by atoms with E-state index in [0.29, 0.717) is 17.8 Å². The molecule has 5 nitrogen and oxygen atoms in total. The Hall–Kier alpha value is -2.43. The molecule has 2 aromatic carbocycles. The molecule has 1 amide bonds. The molecule has 3 rings (SSSR count). The second kappa shape index (κ2) is 6.36. The van der Waals surface area contributed by atoms with Gasteiger partial charge >= 0.3 is 140 Å². The molecule has 6 heteroatoms. The summed E-state index contributed by atoms with van der Waals surface area (Å²) < 4.78 is 0.236. The molecule has 0 bridgehead atoms. The van der Waals surface area contributed by atoms with Gasteiger partial charge < -0.3 is 0 Å². The van der Waals surface area contributed by atoms with Crippen LogP contribution >= 0.6 is 0 Å². The van der Waals surface area contributed by atoms with E-state index in [9.17, 15) is 9.59 Å². The van der Waals surface area contributed by atoms with Gasteiger partial charge in [0.05, 0.1) is 0 Å². The average molecular weight is 372 g/mol. The van der Waals surface area contributed by atoms with Gasteiger partial charge in [-0.1, -0.05) is 0 Å². The minimum atomic E-state index is -0.477. The van der Waals surface area contributed by atoms with Crippen molar-refractivity contribution >= 4 is 37.1 Å². The van der Waals surface area contributed by atoms with Crippen LogP contribution < -0.4 is 10.6 Å². The molecule has 1 aliphatic heterocycles. The second-order valence-corrected chi connectivity index (χ2v) is 7.34. The molecule has 0 saturated carbocycles. The number of nitrogens with one attached hydrogen (secondary N) is 1. The molecule has 0 atom stereocenters. The van der Waals surface area contributed by atoms with Crippen molar-refractivity contribution < 1.29 is 9.59 Å². The van der Waals surface area contributed by atoms with Gasteiger partial charge in [0.1, 0.15) is 0 Å². The first kappa shape index (κ1) is 15.5. The van der Waals surface area contributed by atoms with E-state index in [1.54, 1.807) is 18.2 Å². The molecule has 0 saturated heterocycles. The number of nitrogens with zero attached hydrogens (tertiary/aromatic N) is 1. The summed E-state index contributed by atoms with van der Waals surface area (Å²) in [6.07, 6.45) is 0. The third kappa shape index (κ3) is 3.18. The molecule has 116 valence electrons. The van der Waals surface area contributed by atoms with E-state index >= 15 is 0 Å². The van der Waals surface area contributed by atoms with Crippen molar-refractivity contribution in [3.63, 3.8) is 0 Å². The minimum absolute atomic E-state index is 0.0161. The molecule has 0 aliphatic carbocycles. The number of fused-ring (bicyclic) bond motifs is 1. The number of ketones is 1. The van der Waals surface area contributed by atoms with E-state index in [1.807, 2.05) is 30.3 Å². The van der Waals surface area contributed by atoms with E-state index in [0.717, 1.165) is 16.4 Å². The van der Waals surface area contributed by atoms with Crippen LogP contribution in [0.15, 0.2) is 48.5 Å². The van der Waals surface area contributed by atoms with Crippen LogP contribution in [0.25, 0.3) is 0 Å². The van der Waals surface area contributed by atoms with Gasteiger partial charge in [-0.05, 0) is 0 Å². The van der Waals surface area contributed by atoms with Crippen molar-refractivity contribution in [2.75, 3.05) is 4.90 Å². The van der Waals surface area contributed by atoms with E-state index in [1.165, 1.54) is 4.90 Å². The zero-order valence-corrected chi connectivity index (χ0v) is 14.0. The summed E-state index contributed by atoms with van der Waals surface area (Å²) >= 11 is -0.0161. The van der Waals surface area contributed by atoms with Crippen molar-refractivity contribution in [2.45, 2.75) is 11.9 Å². The fourth-order valence-electron chi connectivity index (χ4n) is 2.49. The molecule has 23 heavy (non-hydrogen) atoms. The molecule has 1 heterocycles. The van der Waals surface area contributed by atoms with Crippen molar-refractivity contribution in [3.8, 4) is 0 Å². The number of Topliss-reactive ketones (excluding diaryl/α,β-unsaturated/α-hetero) is 1. The SMILES string of the molecule is N=C(N)[Se]Cc1ccc(CN2C(=O)C(=O)c3ccccc32)cc1. The molecule has 3 N–H and O–H groups in total. The summed E-state index contributed by atoms with van der Waals surface area (Å²) in [5.74, 6) is -0.920. The number of para-hydroxylation sites is 1. The number of rotatable bonds is 5. The van der Waals surface area contributed by atoms with Crippen LogP contribution in [-0.2, 0) is 16.7 Å². The molecular weight excluding hydrogens is 357 g/mol. The number of nitrogens with two attached hydrogens (primary N) is 1. The summed E-state index contributed by atoms with van der Waals surface area (Å²) in [5, 5.41) is 8.06. The van der Waals surface area contributed by atoms with Crippen LogP contribution in [0.2, 0.25) is 0 Å². The molecule has 0 radical (unpaired) electrons. The second-order valence-electron chi connectivity index (χ2n) is 5.21. The number of hydrogen-bond acceptors (Lipinski definition) is 3. The van der Waals surface area contributed by atoms with E-state index in [4.69, 9.17) is 11.1 Å². The number of hydrogen-bond donors (Lipinski definition) is 2. The van der Waals surface area contributed by atoms with E-state index in [-0.39, 0.29) is 19.7 Å². The number of carbonyl (C=O) groups is 2. The van der Waals surface area contributed by atoms with Gasteiger partial charge in [0.15, 0.2) is 0 Å². The Bertz CT molecular complexity index is 787. The van der Waals surface area contributed by atoms with Crippen molar-refractivity contribution in [3.05, 3.63) is 65.2 Å². The third-order valence-corrected chi connectivity index (χ3v) is 5.29. The van der Waals surface area contributed by atoms with Gasteiger partial charge in [-0.2, -0.15) is 0 Å². The number of benzene rings is 2. The van der Waals surface area contributed by atoms with Crippen LogP contribution in [0.3, 0.4) is 0 Å². The van der Waals surface area contributed by atoms with Gasteiger partial charge in [0.2, 0.25) is 0 Å². The summed E-state index contributed by atoms with van der Waals surface area (Å²) in [6, 6.07) is 14.9. The van der Waals surface area contributed by atoms with Gasteiger partial charge in [0, 0.05) is 0 Å². The number of amidine groups is 1. The van der Waals surface area contributed by atoms with Crippen molar-refractivity contribution in [2.24, 2.45) is 5.73 Å². The van der Waals surface area contributed by atoms with Gasteiger partial charge in [-0.25, -0.2) is 0 Å². The molecule has 0 aromatic heterocycles. The fourth-order valence-corrected chi connectivity index (χ4v) is 3.57. The van der Waals surface area contributed by atoms with Gasteiger partial charge in [-0.15, -0.1) is 0 Å². The molecule has 0 fully saturated rings. The monoisotopic (exact) mass is 373 g/mol. The van der Waals surface area contributed by atoms with Crippen LogP contribution in [0, 0.1) is 5.41 Å². The Morgan fingerprint density at radius 2 is 1.70 bits per heavy atom. The van der Waals surface area contributed by atoms with Crippen molar-refractivity contribution in [1.82, 2.24) is 0 Å².